The molecule has 98 valence electrons. The molecular formula is C14H20N2O2. The molecule has 0 saturated heterocycles. The van der Waals surface area contributed by atoms with Gasteiger partial charge in [0.05, 0.1) is 24.4 Å². The lowest BCUT2D eigenvalue weighted by molar-refractivity contribution is -0.145. The maximum absolute atomic E-state index is 11.6. The van der Waals surface area contributed by atoms with Crippen LogP contribution < -0.4 is 10.6 Å². The summed E-state index contributed by atoms with van der Waals surface area (Å²) >= 11 is 0. The number of hydrogen-bond acceptors (Lipinski definition) is 4. The lowest BCUT2D eigenvalue weighted by Crippen LogP contribution is -2.40. The number of nitrogens with two attached hydrogens (primary N) is 1. The van der Waals surface area contributed by atoms with E-state index in [2.05, 4.69) is 11.0 Å². The van der Waals surface area contributed by atoms with Crippen molar-refractivity contribution >= 4 is 17.3 Å². The number of anilines is 2. The smallest absolute Gasteiger partial charge is 0.310 e. The Labute approximate surface area is 108 Å². The minimum atomic E-state index is -0.176. The van der Waals surface area contributed by atoms with Crippen LogP contribution in [0.5, 0.6) is 0 Å². The number of hydrogen-bond donors (Lipinski definition) is 1. The molecule has 2 atom stereocenters. The number of carbonyl (C=O) groups excluding carboxylic acids is 1. The van der Waals surface area contributed by atoms with Crippen molar-refractivity contribution in [3.63, 3.8) is 0 Å². The van der Waals surface area contributed by atoms with E-state index in [-0.39, 0.29) is 17.9 Å². The summed E-state index contributed by atoms with van der Waals surface area (Å²) in [7, 11) is 1.43. The first-order valence-corrected chi connectivity index (χ1v) is 6.28. The van der Waals surface area contributed by atoms with Crippen molar-refractivity contribution in [3.8, 4) is 0 Å². The number of nitrogens with zero attached hydrogens (tertiary/aromatic N) is 1. The van der Waals surface area contributed by atoms with Crippen LogP contribution in [-0.4, -0.2) is 25.7 Å². The fourth-order valence-electron chi connectivity index (χ4n) is 2.58. The van der Waals surface area contributed by atoms with Crippen LogP contribution in [-0.2, 0) is 16.0 Å². The highest BCUT2D eigenvalue weighted by molar-refractivity contribution is 5.77. The van der Waals surface area contributed by atoms with Crippen molar-refractivity contribution in [1.29, 1.82) is 0 Å². The summed E-state index contributed by atoms with van der Waals surface area (Å²) in [4.78, 5) is 13.8. The van der Waals surface area contributed by atoms with Crippen LogP contribution in [0.4, 0.5) is 11.4 Å². The maximum atomic E-state index is 11.6. The van der Waals surface area contributed by atoms with Crippen molar-refractivity contribution in [2.45, 2.75) is 26.3 Å². The van der Waals surface area contributed by atoms with Crippen LogP contribution in [0.15, 0.2) is 18.2 Å². The largest absolute Gasteiger partial charge is 0.469 e. The molecular weight excluding hydrogens is 228 g/mol. The van der Waals surface area contributed by atoms with Crippen LogP contribution in [0.25, 0.3) is 0 Å². The van der Waals surface area contributed by atoms with Gasteiger partial charge in [-0.1, -0.05) is 12.1 Å². The van der Waals surface area contributed by atoms with E-state index < -0.39 is 0 Å². The van der Waals surface area contributed by atoms with Crippen molar-refractivity contribution in [3.05, 3.63) is 23.8 Å². The molecule has 1 aliphatic rings. The molecule has 0 aliphatic carbocycles. The number of ether oxygens (including phenoxy) is 1. The van der Waals surface area contributed by atoms with Gasteiger partial charge in [0.1, 0.15) is 0 Å². The third-order valence-corrected chi connectivity index (χ3v) is 3.85. The average molecular weight is 248 g/mol. The SMILES string of the molecule is COC(=O)C(C)C(C)N1CCc2cccc(N)c21. The molecule has 2 rings (SSSR count). The average Bonchev–Trinajstić information content (AvgIpc) is 2.81. The second-order valence-corrected chi connectivity index (χ2v) is 4.85. The Morgan fingerprint density at radius 2 is 2.17 bits per heavy atom. The first-order chi connectivity index (χ1) is 8.56. The monoisotopic (exact) mass is 248 g/mol. The molecule has 0 spiro atoms. The summed E-state index contributed by atoms with van der Waals surface area (Å²) in [5, 5.41) is 0. The minimum Gasteiger partial charge on any atom is -0.469 e. The van der Waals surface area contributed by atoms with Gasteiger partial charge in [-0.25, -0.2) is 0 Å². The second-order valence-electron chi connectivity index (χ2n) is 4.85. The number of benzene rings is 1. The van der Waals surface area contributed by atoms with Crippen LogP contribution >= 0.6 is 0 Å². The van der Waals surface area contributed by atoms with Gasteiger partial charge in [-0.3, -0.25) is 4.79 Å². The van der Waals surface area contributed by atoms with Gasteiger partial charge >= 0.3 is 5.97 Å². The highest BCUT2D eigenvalue weighted by atomic mass is 16.5. The normalized spacial score (nSPS) is 17.2. The molecule has 0 fully saturated rings. The molecule has 1 aromatic rings. The quantitative estimate of drug-likeness (QED) is 0.655. The summed E-state index contributed by atoms with van der Waals surface area (Å²) in [5.41, 5.74) is 9.18. The molecule has 1 aliphatic heterocycles. The third kappa shape index (κ3) is 2.03. The Morgan fingerprint density at radius 3 is 2.83 bits per heavy atom. The second kappa shape index (κ2) is 4.88. The fourth-order valence-corrected chi connectivity index (χ4v) is 2.58. The first kappa shape index (κ1) is 12.7. The molecule has 18 heavy (non-hydrogen) atoms. The van der Waals surface area contributed by atoms with E-state index in [4.69, 9.17) is 10.5 Å². The lowest BCUT2D eigenvalue weighted by atomic mass is 10.0. The van der Waals surface area contributed by atoms with Gasteiger partial charge in [0.2, 0.25) is 0 Å². The molecule has 0 saturated carbocycles. The van der Waals surface area contributed by atoms with Crippen LogP contribution in [0, 0.1) is 5.92 Å². The van der Waals surface area contributed by atoms with E-state index in [0.29, 0.717) is 0 Å². The molecule has 0 aromatic heterocycles. The number of rotatable bonds is 3. The molecule has 2 unspecified atom stereocenters. The number of fused-ring (bicyclic) bond motifs is 1. The standard InChI is InChI=1S/C14H20N2O2/c1-9(14(17)18-3)10(2)16-8-7-11-5-4-6-12(15)13(11)16/h4-6,9-10H,7-8,15H2,1-3H3. The Bertz CT molecular complexity index is 459. The number of carbonyl (C=O) groups is 1. The summed E-state index contributed by atoms with van der Waals surface area (Å²) < 4.78 is 4.81. The molecule has 2 N–H and O–H groups in total. The first-order valence-electron chi connectivity index (χ1n) is 6.28. The topological polar surface area (TPSA) is 55.6 Å². The van der Waals surface area contributed by atoms with Gasteiger partial charge in [0, 0.05) is 12.6 Å². The molecule has 4 nitrogen and oxygen atoms in total. The van der Waals surface area contributed by atoms with E-state index in [0.717, 1.165) is 24.3 Å². The van der Waals surface area contributed by atoms with Crippen LogP contribution in [0.3, 0.4) is 0 Å². The molecule has 4 heteroatoms. The molecule has 1 aromatic carbocycles. The van der Waals surface area contributed by atoms with Crippen molar-refractivity contribution in [2.75, 3.05) is 24.3 Å². The highest BCUT2D eigenvalue weighted by Crippen LogP contribution is 2.36. The van der Waals surface area contributed by atoms with E-state index >= 15 is 0 Å². The van der Waals surface area contributed by atoms with E-state index in [1.54, 1.807) is 0 Å². The summed E-state index contributed by atoms with van der Waals surface area (Å²) in [6.45, 7) is 4.85. The van der Waals surface area contributed by atoms with Gasteiger partial charge in [-0.15, -0.1) is 0 Å². The summed E-state index contributed by atoms with van der Waals surface area (Å²) in [5.74, 6) is -0.342. The van der Waals surface area contributed by atoms with E-state index in [1.165, 1.54) is 12.7 Å². The van der Waals surface area contributed by atoms with E-state index in [1.807, 2.05) is 26.0 Å². The molecule has 1 heterocycles. The molecule has 0 amide bonds. The molecule has 0 radical (unpaired) electrons. The fraction of sp³-hybridized carbons (Fsp3) is 0.500. The number of para-hydroxylation sites is 1. The van der Waals surface area contributed by atoms with Gasteiger partial charge in [-0.05, 0) is 31.9 Å². The third-order valence-electron chi connectivity index (χ3n) is 3.85. The van der Waals surface area contributed by atoms with Gasteiger partial charge in [-0.2, -0.15) is 0 Å². The highest BCUT2D eigenvalue weighted by Gasteiger charge is 2.31. The van der Waals surface area contributed by atoms with Gasteiger partial charge < -0.3 is 15.4 Å². The van der Waals surface area contributed by atoms with Crippen LogP contribution in [0.1, 0.15) is 19.4 Å². The number of methoxy groups -OCH3 is 1. The Kier molecular flexibility index (Phi) is 3.45. The van der Waals surface area contributed by atoms with Crippen molar-refractivity contribution in [2.24, 2.45) is 5.92 Å². The zero-order chi connectivity index (χ0) is 13.3. The lowest BCUT2D eigenvalue weighted by Gasteiger charge is -2.31. The van der Waals surface area contributed by atoms with E-state index in [9.17, 15) is 4.79 Å². The van der Waals surface area contributed by atoms with Gasteiger partial charge in [0.15, 0.2) is 0 Å². The maximum Gasteiger partial charge on any atom is 0.310 e. The van der Waals surface area contributed by atoms with Gasteiger partial charge in [0.25, 0.3) is 0 Å². The zero-order valence-electron chi connectivity index (χ0n) is 11.1. The number of nitrogen functional groups attached to an aromatic ring is 1. The Balaban J connectivity index is 2.25. The van der Waals surface area contributed by atoms with Crippen LogP contribution in [0.2, 0.25) is 0 Å². The van der Waals surface area contributed by atoms with Crippen molar-refractivity contribution < 1.29 is 9.53 Å². The zero-order valence-corrected chi connectivity index (χ0v) is 11.1. The molecule has 0 bridgehead atoms. The van der Waals surface area contributed by atoms with Crippen molar-refractivity contribution in [1.82, 2.24) is 0 Å². The predicted molar refractivity (Wildman–Crippen MR) is 72.5 cm³/mol. The minimum absolute atomic E-state index is 0.0865. The number of esters is 1. The predicted octanol–water partition coefficient (Wildman–Crippen LogP) is 1.83. The summed E-state index contributed by atoms with van der Waals surface area (Å²) in [6.07, 6.45) is 0.985. The summed E-state index contributed by atoms with van der Waals surface area (Å²) in [6, 6.07) is 6.07. The Morgan fingerprint density at radius 1 is 1.44 bits per heavy atom. The Hall–Kier alpha value is -1.71.